The number of fused-ring (bicyclic) bond motifs is 1. The lowest BCUT2D eigenvalue weighted by molar-refractivity contribution is -0.123. The quantitative estimate of drug-likeness (QED) is 0.592. The van der Waals surface area contributed by atoms with Crippen LogP contribution >= 0.6 is 0 Å². The zero-order valence-corrected chi connectivity index (χ0v) is 14.9. The summed E-state index contributed by atoms with van der Waals surface area (Å²) in [5.74, 6) is -0.448. The lowest BCUT2D eigenvalue weighted by atomic mass is 9.96. The summed E-state index contributed by atoms with van der Waals surface area (Å²) in [5.41, 5.74) is 3.39. The normalized spacial score (nSPS) is 13.2. The van der Waals surface area contributed by atoms with Crippen LogP contribution in [0.1, 0.15) is 27.9 Å². The number of nitrogens with zero attached hydrogens (tertiary/aromatic N) is 1. The Balaban J connectivity index is 1.62. The van der Waals surface area contributed by atoms with E-state index in [9.17, 15) is 9.59 Å². The molecule has 1 aliphatic rings. The topological polar surface area (TPSA) is 55.8 Å². The maximum atomic E-state index is 12.6. The van der Waals surface area contributed by atoms with Gasteiger partial charge in [0.05, 0.1) is 19.3 Å². The van der Waals surface area contributed by atoms with Gasteiger partial charge in [0.2, 0.25) is 0 Å². The first kappa shape index (κ1) is 18.1. The molecule has 1 heterocycles. The number of methoxy groups -OCH3 is 1. The van der Waals surface area contributed by atoms with E-state index in [2.05, 4.69) is 0 Å². The third-order valence-electron chi connectivity index (χ3n) is 4.56. The van der Waals surface area contributed by atoms with Gasteiger partial charge in [-0.05, 0) is 42.5 Å². The molecule has 0 atom stereocenters. The minimum atomic E-state index is -0.365. The number of hydrogen-bond acceptors (Lipinski definition) is 4. The number of carbonyl (C=O) groups is 2. The number of ether oxygens (including phenoxy) is 2. The van der Waals surface area contributed by atoms with Gasteiger partial charge >= 0.3 is 5.97 Å². The molecule has 2 aromatic rings. The lowest BCUT2D eigenvalue weighted by Crippen LogP contribution is -2.38. The van der Waals surface area contributed by atoms with Crippen LogP contribution in [0.5, 0.6) is 0 Å². The van der Waals surface area contributed by atoms with Gasteiger partial charge in [0.15, 0.2) is 0 Å². The molecule has 0 fully saturated rings. The second-order valence-corrected chi connectivity index (χ2v) is 6.23. The molecule has 0 saturated heterocycles. The van der Waals surface area contributed by atoms with Crippen molar-refractivity contribution in [2.45, 2.75) is 19.3 Å². The molecule has 0 radical (unpaired) electrons. The maximum Gasteiger partial charge on any atom is 0.338 e. The van der Waals surface area contributed by atoms with E-state index in [1.165, 1.54) is 12.7 Å². The zero-order valence-electron chi connectivity index (χ0n) is 14.9. The molecule has 0 bridgehead atoms. The predicted molar refractivity (Wildman–Crippen MR) is 99.4 cm³/mol. The molecule has 2 aromatic carbocycles. The van der Waals surface area contributed by atoms with Gasteiger partial charge in [0.1, 0.15) is 6.61 Å². The molecular weight excluding hydrogens is 330 g/mol. The molecule has 136 valence electrons. The molecule has 5 heteroatoms. The van der Waals surface area contributed by atoms with Crippen LogP contribution in [-0.4, -0.2) is 38.7 Å². The number of esters is 1. The van der Waals surface area contributed by atoms with Gasteiger partial charge in [-0.15, -0.1) is 0 Å². The van der Waals surface area contributed by atoms with E-state index in [-0.39, 0.29) is 18.5 Å². The Morgan fingerprint density at radius 1 is 1.08 bits per heavy atom. The van der Waals surface area contributed by atoms with Crippen LogP contribution in [0.25, 0.3) is 0 Å². The average Bonchev–Trinajstić information content (AvgIpc) is 2.70. The van der Waals surface area contributed by atoms with Crippen LogP contribution < -0.4 is 4.90 Å². The van der Waals surface area contributed by atoms with Gasteiger partial charge in [-0.25, -0.2) is 4.79 Å². The van der Waals surface area contributed by atoms with E-state index >= 15 is 0 Å². The molecule has 1 amide bonds. The van der Waals surface area contributed by atoms with E-state index in [0.29, 0.717) is 18.7 Å². The van der Waals surface area contributed by atoms with Crippen molar-refractivity contribution in [3.05, 3.63) is 65.2 Å². The zero-order chi connectivity index (χ0) is 18.4. The van der Waals surface area contributed by atoms with Crippen molar-refractivity contribution in [3.63, 3.8) is 0 Å². The monoisotopic (exact) mass is 353 g/mol. The Kier molecular flexibility index (Phi) is 6.02. The fraction of sp³-hybridized carbons (Fsp3) is 0.333. The minimum absolute atomic E-state index is 0.0364. The predicted octanol–water partition coefficient (Wildman–Crippen LogP) is 3.01. The van der Waals surface area contributed by atoms with Gasteiger partial charge in [-0.2, -0.15) is 0 Å². The molecule has 0 aromatic heterocycles. The van der Waals surface area contributed by atoms with Crippen molar-refractivity contribution < 1.29 is 19.1 Å². The molecule has 0 N–H and O–H groups in total. The molecule has 0 aliphatic carbocycles. The Hall–Kier alpha value is -2.66. The largest absolute Gasteiger partial charge is 0.465 e. The molecule has 0 saturated carbocycles. The summed E-state index contributed by atoms with van der Waals surface area (Å²) in [6.07, 6.45) is 2.35. The standard InChI is InChI=1S/C21H23NO4/c1-25-21(24)18-9-5-11-19-17(18)10-6-13-22(19)20(23)15-26-14-12-16-7-3-2-4-8-16/h2-5,7-9,11H,6,10,12-15H2,1H3. The summed E-state index contributed by atoms with van der Waals surface area (Å²) < 4.78 is 10.4. The molecule has 26 heavy (non-hydrogen) atoms. The summed E-state index contributed by atoms with van der Waals surface area (Å²) in [6.45, 7) is 1.17. The van der Waals surface area contributed by atoms with Gasteiger partial charge in [-0.3, -0.25) is 4.79 Å². The molecule has 0 spiro atoms. The van der Waals surface area contributed by atoms with Crippen LogP contribution in [0.15, 0.2) is 48.5 Å². The van der Waals surface area contributed by atoms with Crippen molar-refractivity contribution in [2.75, 3.05) is 31.8 Å². The highest BCUT2D eigenvalue weighted by Gasteiger charge is 2.26. The summed E-state index contributed by atoms with van der Waals surface area (Å²) in [5, 5.41) is 0. The summed E-state index contributed by atoms with van der Waals surface area (Å²) >= 11 is 0. The molecule has 1 aliphatic heterocycles. The third kappa shape index (κ3) is 4.11. The SMILES string of the molecule is COC(=O)c1cccc2c1CCCN2C(=O)COCCc1ccccc1. The highest BCUT2D eigenvalue weighted by atomic mass is 16.5. The second-order valence-electron chi connectivity index (χ2n) is 6.23. The average molecular weight is 353 g/mol. The van der Waals surface area contributed by atoms with E-state index in [4.69, 9.17) is 9.47 Å². The Morgan fingerprint density at radius 3 is 2.65 bits per heavy atom. The first-order valence-electron chi connectivity index (χ1n) is 8.83. The Morgan fingerprint density at radius 2 is 1.88 bits per heavy atom. The number of rotatable bonds is 6. The fourth-order valence-corrected chi connectivity index (χ4v) is 3.26. The van der Waals surface area contributed by atoms with Crippen LogP contribution in [0.3, 0.4) is 0 Å². The number of benzene rings is 2. The smallest absolute Gasteiger partial charge is 0.338 e. The molecular formula is C21H23NO4. The highest BCUT2D eigenvalue weighted by Crippen LogP contribution is 2.30. The third-order valence-corrected chi connectivity index (χ3v) is 4.56. The van der Waals surface area contributed by atoms with E-state index < -0.39 is 0 Å². The van der Waals surface area contributed by atoms with E-state index in [1.54, 1.807) is 17.0 Å². The number of anilines is 1. The fourth-order valence-electron chi connectivity index (χ4n) is 3.26. The summed E-state index contributed by atoms with van der Waals surface area (Å²) in [7, 11) is 1.37. The van der Waals surface area contributed by atoms with Crippen molar-refractivity contribution >= 4 is 17.6 Å². The number of carbonyl (C=O) groups excluding carboxylic acids is 2. The summed E-state index contributed by atoms with van der Waals surface area (Å²) in [4.78, 5) is 26.3. The van der Waals surface area contributed by atoms with Gasteiger partial charge in [0.25, 0.3) is 5.91 Å². The van der Waals surface area contributed by atoms with E-state index in [1.807, 2.05) is 36.4 Å². The minimum Gasteiger partial charge on any atom is -0.465 e. The number of amides is 1. The highest BCUT2D eigenvalue weighted by molar-refractivity contribution is 5.99. The van der Waals surface area contributed by atoms with Crippen molar-refractivity contribution in [1.82, 2.24) is 0 Å². The first-order chi connectivity index (χ1) is 12.7. The molecule has 0 unspecified atom stereocenters. The Bertz CT molecular complexity index is 773. The van der Waals surface area contributed by atoms with Crippen molar-refractivity contribution in [3.8, 4) is 0 Å². The molecule has 3 rings (SSSR count). The van der Waals surface area contributed by atoms with Crippen LogP contribution in [0, 0.1) is 0 Å². The van der Waals surface area contributed by atoms with Gasteiger partial charge in [-0.1, -0.05) is 36.4 Å². The van der Waals surface area contributed by atoms with Gasteiger partial charge in [0, 0.05) is 12.2 Å². The van der Waals surface area contributed by atoms with Gasteiger partial charge < -0.3 is 14.4 Å². The van der Waals surface area contributed by atoms with Crippen molar-refractivity contribution in [1.29, 1.82) is 0 Å². The lowest BCUT2D eigenvalue weighted by Gasteiger charge is -2.30. The van der Waals surface area contributed by atoms with Crippen molar-refractivity contribution in [2.24, 2.45) is 0 Å². The second kappa shape index (κ2) is 8.63. The van der Waals surface area contributed by atoms with Crippen LogP contribution in [-0.2, 0) is 27.1 Å². The maximum absolute atomic E-state index is 12.6. The molecule has 5 nitrogen and oxygen atoms in total. The number of hydrogen-bond donors (Lipinski definition) is 0. The first-order valence-corrected chi connectivity index (χ1v) is 8.83. The van der Waals surface area contributed by atoms with Crippen LogP contribution in [0.4, 0.5) is 5.69 Å². The summed E-state index contributed by atoms with van der Waals surface area (Å²) in [6, 6.07) is 15.4. The van der Waals surface area contributed by atoms with E-state index in [0.717, 1.165) is 30.5 Å². The van der Waals surface area contributed by atoms with Crippen LogP contribution in [0.2, 0.25) is 0 Å². The Labute approximate surface area is 153 Å².